The maximum absolute atomic E-state index is 12.9. The lowest BCUT2D eigenvalue weighted by Gasteiger charge is -2.25. The summed E-state index contributed by atoms with van der Waals surface area (Å²) in [5.41, 5.74) is 0. The Labute approximate surface area is 366 Å². The molecule has 0 bridgehead atoms. The van der Waals surface area contributed by atoms with Gasteiger partial charge in [0.25, 0.3) is 0 Å². The zero-order valence-electron chi connectivity index (χ0n) is 39.5. The second kappa shape index (κ2) is 42.0. The minimum atomic E-state index is -4.34. The number of rotatable bonds is 45. The number of aliphatic hydroxyl groups is 1. The summed E-state index contributed by atoms with van der Waals surface area (Å²) in [5, 5.41) is 13.9. The Bertz CT molecular complexity index is 1060. The summed E-state index contributed by atoms with van der Waals surface area (Å²) >= 11 is 0. The summed E-state index contributed by atoms with van der Waals surface area (Å²) in [4.78, 5) is 23.1. The van der Waals surface area contributed by atoms with Gasteiger partial charge in [-0.05, 0) is 44.9 Å². The average Bonchev–Trinajstić information content (AvgIpc) is 3.19. The lowest BCUT2D eigenvalue weighted by Crippen LogP contribution is -2.45. The normalized spacial score (nSPS) is 14.5. The number of allylic oxidation sites excluding steroid dienone is 5. The van der Waals surface area contributed by atoms with Gasteiger partial charge in [-0.2, -0.15) is 0 Å². The van der Waals surface area contributed by atoms with Gasteiger partial charge in [0.1, 0.15) is 13.2 Å². The van der Waals surface area contributed by atoms with Crippen molar-refractivity contribution in [3.8, 4) is 0 Å². The molecule has 3 unspecified atom stereocenters. The van der Waals surface area contributed by atoms with Crippen molar-refractivity contribution in [3.63, 3.8) is 0 Å². The van der Waals surface area contributed by atoms with E-state index in [1.807, 2.05) is 27.2 Å². The minimum Gasteiger partial charge on any atom is -0.387 e. The lowest BCUT2D eigenvalue weighted by atomic mass is 10.0. The highest BCUT2D eigenvalue weighted by Crippen LogP contribution is 2.43. The van der Waals surface area contributed by atoms with Gasteiger partial charge in [-0.1, -0.05) is 211 Å². The van der Waals surface area contributed by atoms with Gasteiger partial charge < -0.3 is 19.8 Å². The second-order valence-corrected chi connectivity index (χ2v) is 19.6. The molecule has 0 fully saturated rings. The van der Waals surface area contributed by atoms with Crippen molar-refractivity contribution in [2.24, 2.45) is 0 Å². The molecule has 0 saturated heterocycles. The van der Waals surface area contributed by atoms with Crippen LogP contribution >= 0.6 is 7.82 Å². The third-order valence-corrected chi connectivity index (χ3v) is 12.1. The zero-order valence-corrected chi connectivity index (χ0v) is 40.4. The third kappa shape index (κ3) is 44.6. The Morgan fingerprint density at radius 3 is 1.46 bits per heavy atom. The Kier molecular flexibility index (Phi) is 41.1. The van der Waals surface area contributed by atoms with Crippen molar-refractivity contribution in [1.29, 1.82) is 0 Å². The molecular formula is C50H98N2O6P+. The fourth-order valence-corrected chi connectivity index (χ4v) is 7.87. The van der Waals surface area contributed by atoms with Crippen molar-refractivity contribution < 1.29 is 32.9 Å². The smallest absolute Gasteiger partial charge is 0.387 e. The van der Waals surface area contributed by atoms with E-state index in [0.717, 1.165) is 70.6 Å². The van der Waals surface area contributed by atoms with Crippen LogP contribution in [0.3, 0.4) is 0 Å². The number of nitrogens with one attached hydrogen (secondary N) is 1. The largest absolute Gasteiger partial charge is 0.472 e. The van der Waals surface area contributed by atoms with Crippen LogP contribution in [0.2, 0.25) is 0 Å². The molecule has 0 spiro atoms. The van der Waals surface area contributed by atoms with Crippen LogP contribution in [0.4, 0.5) is 0 Å². The number of unbranched alkanes of at least 4 members (excludes halogenated alkanes) is 28. The molecule has 0 aliphatic rings. The van der Waals surface area contributed by atoms with Gasteiger partial charge in [0.05, 0.1) is 39.9 Å². The SMILES string of the molecule is CCC/C=C\C/C=C\CCCCCCCC(=O)NC(COP(=O)(O)OCC[N+](C)(C)C)C(O)/C=C/CCCCCCCCCCCCCCCCCCCCCCCC. The van der Waals surface area contributed by atoms with E-state index in [-0.39, 0.29) is 19.1 Å². The number of amides is 1. The molecule has 59 heavy (non-hydrogen) atoms. The van der Waals surface area contributed by atoms with Gasteiger partial charge in [0.2, 0.25) is 5.91 Å². The van der Waals surface area contributed by atoms with Gasteiger partial charge in [-0.25, -0.2) is 4.57 Å². The van der Waals surface area contributed by atoms with Crippen molar-refractivity contribution in [3.05, 3.63) is 36.5 Å². The molecule has 0 rings (SSSR count). The highest BCUT2D eigenvalue weighted by atomic mass is 31.2. The molecule has 0 radical (unpaired) electrons. The van der Waals surface area contributed by atoms with Crippen molar-refractivity contribution in [2.75, 3.05) is 40.9 Å². The Balaban J connectivity index is 4.26. The van der Waals surface area contributed by atoms with E-state index in [1.165, 1.54) is 135 Å². The van der Waals surface area contributed by atoms with Crippen LogP contribution in [-0.4, -0.2) is 73.4 Å². The zero-order chi connectivity index (χ0) is 43.6. The molecule has 0 saturated carbocycles. The van der Waals surface area contributed by atoms with E-state index in [2.05, 4.69) is 43.5 Å². The van der Waals surface area contributed by atoms with Crippen LogP contribution in [0.1, 0.15) is 226 Å². The number of phosphoric acid groups is 1. The number of hydrogen-bond acceptors (Lipinski definition) is 5. The second-order valence-electron chi connectivity index (χ2n) is 18.2. The molecular weight excluding hydrogens is 756 g/mol. The van der Waals surface area contributed by atoms with Gasteiger partial charge in [-0.15, -0.1) is 0 Å². The quantitative estimate of drug-likeness (QED) is 0.0244. The Morgan fingerprint density at radius 1 is 0.576 bits per heavy atom. The fourth-order valence-electron chi connectivity index (χ4n) is 7.14. The molecule has 0 aromatic carbocycles. The molecule has 0 heterocycles. The molecule has 8 nitrogen and oxygen atoms in total. The predicted octanol–water partition coefficient (Wildman–Crippen LogP) is 14.3. The summed E-state index contributed by atoms with van der Waals surface area (Å²) in [7, 11) is 1.56. The molecule has 3 N–H and O–H groups in total. The van der Waals surface area contributed by atoms with E-state index in [4.69, 9.17) is 9.05 Å². The number of quaternary nitrogens is 1. The number of hydrogen-bond donors (Lipinski definition) is 3. The molecule has 0 aromatic heterocycles. The Morgan fingerprint density at radius 2 is 1.00 bits per heavy atom. The van der Waals surface area contributed by atoms with Gasteiger partial charge in [-0.3, -0.25) is 13.8 Å². The van der Waals surface area contributed by atoms with Crippen LogP contribution in [0.5, 0.6) is 0 Å². The molecule has 0 aliphatic carbocycles. The van der Waals surface area contributed by atoms with Crippen LogP contribution in [0.25, 0.3) is 0 Å². The van der Waals surface area contributed by atoms with E-state index in [9.17, 15) is 19.4 Å². The van der Waals surface area contributed by atoms with E-state index in [0.29, 0.717) is 17.4 Å². The first-order chi connectivity index (χ1) is 28.5. The molecule has 3 atom stereocenters. The topological polar surface area (TPSA) is 105 Å². The van der Waals surface area contributed by atoms with Crippen LogP contribution < -0.4 is 5.32 Å². The maximum Gasteiger partial charge on any atom is 0.472 e. The van der Waals surface area contributed by atoms with Gasteiger partial charge in [0.15, 0.2) is 0 Å². The number of carbonyl (C=O) groups excluding carboxylic acids is 1. The van der Waals surface area contributed by atoms with Crippen molar-refractivity contribution in [2.45, 2.75) is 238 Å². The number of nitrogens with zero attached hydrogens (tertiary/aromatic N) is 1. The fraction of sp³-hybridized carbons (Fsp3) is 0.860. The monoisotopic (exact) mass is 854 g/mol. The first-order valence-electron chi connectivity index (χ1n) is 24.9. The summed E-state index contributed by atoms with van der Waals surface area (Å²) < 4.78 is 23.6. The maximum atomic E-state index is 12.9. The van der Waals surface area contributed by atoms with Crippen LogP contribution in [-0.2, 0) is 18.4 Å². The minimum absolute atomic E-state index is 0.0585. The lowest BCUT2D eigenvalue weighted by molar-refractivity contribution is -0.870. The van der Waals surface area contributed by atoms with Crippen molar-refractivity contribution in [1.82, 2.24) is 5.32 Å². The van der Waals surface area contributed by atoms with E-state index < -0.39 is 20.0 Å². The van der Waals surface area contributed by atoms with Gasteiger partial charge >= 0.3 is 7.82 Å². The third-order valence-electron chi connectivity index (χ3n) is 11.1. The average molecular weight is 854 g/mol. The summed E-state index contributed by atoms with van der Waals surface area (Å²) in [6, 6.07) is -0.852. The number of aliphatic hydroxyl groups excluding tert-OH is 1. The standard InChI is InChI=1S/C50H97N2O6P/c1-6-8-10-12-14-16-18-20-21-22-23-24-25-26-27-28-29-30-32-33-35-37-39-41-43-49(53)48(47-58-59(55,56)57-46-45-52(3,4)5)51-50(54)44-42-40-38-36-34-31-19-17-15-13-11-9-7-2/h11,13,17,19,41,43,48-49,53H,6-10,12,14-16,18,20-40,42,44-47H2,1-5H3,(H-,51,54,55,56)/p+1/b13-11-,19-17-,43-41+. The van der Waals surface area contributed by atoms with Crippen molar-refractivity contribution >= 4 is 13.7 Å². The molecule has 0 aliphatic heterocycles. The van der Waals surface area contributed by atoms with Crippen LogP contribution in [0.15, 0.2) is 36.5 Å². The van der Waals surface area contributed by atoms with Crippen LogP contribution in [0, 0.1) is 0 Å². The first kappa shape index (κ1) is 57.7. The summed E-state index contributed by atoms with van der Waals surface area (Å²) in [6.45, 7) is 4.75. The number of phosphoric ester groups is 1. The Hall–Kier alpha value is -1.28. The highest BCUT2D eigenvalue weighted by molar-refractivity contribution is 7.47. The molecule has 348 valence electrons. The molecule has 9 heteroatoms. The van der Waals surface area contributed by atoms with E-state index >= 15 is 0 Å². The number of carbonyl (C=O) groups is 1. The number of likely N-dealkylation sites (N-methyl/N-ethyl adjacent to an activating group) is 1. The molecule has 1 amide bonds. The van der Waals surface area contributed by atoms with Gasteiger partial charge in [0, 0.05) is 6.42 Å². The molecule has 0 aromatic rings. The predicted molar refractivity (Wildman–Crippen MR) is 254 cm³/mol. The summed E-state index contributed by atoms with van der Waals surface area (Å²) in [5.74, 6) is -0.191. The highest BCUT2D eigenvalue weighted by Gasteiger charge is 2.27. The summed E-state index contributed by atoms with van der Waals surface area (Å²) in [6.07, 6.45) is 52.3. The van der Waals surface area contributed by atoms with E-state index in [1.54, 1.807) is 6.08 Å². The first-order valence-corrected chi connectivity index (χ1v) is 26.4.